The van der Waals surface area contributed by atoms with Crippen molar-refractivity contribution in [3.63, 3.8) is 0 Å². The SMILES string of the molecule is C1=C(c2ccccc2)CCN(CC2CCCC(c3ccccc3)C2)C1.Cl. The number of hydrogen-bond acceptors (Lipinski definition) is 1. The van der Waals surface area contributed by atoms with Crippen LogP contribution in [0.5, 0.6) is 0 Å². The van der Waals surface area contributed by atoms with E-state index in [0.29, 0.717) is 0 Å². The minimum atomic E-state index is 0. The molecule has 1 aliphatic carbocycles. The third kappa shape index (κ3) is 4.78. The van der Waals surface area contributed by atoms with Gasteiger partial charge in [-0.3, -0.25) is 4.90 Å². The van der Waals surface area contributed by atoms with Crippen molar-refractivity contribution in [2.24, 2.45) is 5.92 Å². The maximum absolute atomic E-state index is 2.67. The molecule has 1 nitrogen and oxygen atoms in total. The number of hydrogen-bond donors (Lipinski definition) is 0. The molecule has 138 valence electrons. The Kier molecular flexibility index (Phi) is 6.93. The fourth-order valence-electron chi connectivity index (χ4n) is 4.64. The summed E-state index contributed by atoms with van der Waals surface area (Å²) in [6.07, 6.45) is 9.20. The summed E-state index contributed by atoms with van der Waals surface area (Å²) in [6.45, 7) is 3.62. The third-order valence-corrected chi connectivity index (χ3v) is 6.01. The normalized spacial score (nSPS) is 23.8. The second-order valence-electron chi connectivity index (χ2n) is 7.75. The van der Waals surface area contributed by atoms with Gasteiger partial charge in [-0.1, -0.05) is 73.2 Å². The van der Waals surface area contributed by atoms with E-state index in [1.807, 2.05) is 0 Å². The Hall–Kier alpha value is -1.57. The molecule has 0 saturated heterocycles. The molecule has 26 heavy (non-hydrogen) atoms. The molecule has 1 aliphatic heterocycles. The minimum absolute atomic E-state index is 0. The lowest BCUT2D eigenvalue weighted by molar-refractivity contribution is 0.205. The van der Waals surface area contributed by atoms with Crippen LogP contribution in [0.1, 0.15) is 49.1 Å². The molecule has 2 aliphatic rings. The first-order valence-corrected chi connectivity index (χ1v) is 9.90. The molecule has 0 spiro atoms. The van der Waals surface area contributed by atoms with Crippen LogP contribution in [0.3, 0.4) is 0 Å². The zero-order valence-electron chi connectivity index (χ0n) is 15.5. The largest absolute Gasteiger partial charge is 0.299 e. The van der Waals surface area contributed by atoms with Crippen LogP contribution >= 0.6 is 12.4 Å². The average molecular weight is 368 g/mol. The maximum atomic E-state index is 2.67. The monoisotopic (exact) mass is 367 g/mol. The van der Waals surface area contributed by atoms with Crippen molar-refractivity contribution in [1.29, 1.82) is 0 Å². The lowest BCUT2D eigenvalue weighted by Gasteiger charge is -2.35. The van der Waals surface area contributed by atoms with Gasteiger partial charge >= 0.3 is 0 Å². The molecule has 4 rings (SSSR count). The van der Waals surface area contributed by atoms with Crippen molar-refractivity contribution in [2.75, 3.05) is 19.6 Å². The van der Waals surface area contributed by atoms with Gasteiger partial charge in [-0.25, -0.2) is 0 Å². The highest BCUT2D eigenvalue weighted by Gasteiger charge is 2.25. The standard InChI is InChI=1S/C24H29N.ClH/c1-3-9-21(10-4-1)23-14-16-25(17-15-23)19-20-8-7-13-24(18-20)22-11-5-2-6-12-22;/h1-6,9-12,14,20,24H,7-8,13,15-19H2;1H. The summed E-state index contributed by atoms with van der Waals surface area (Å²) in [7, 11) is 0. The number of nitrogens with zero attached hydrogens (tertiary/aromatic N) is 1. The molecule has 2 atom stereocenters. The zero-order chi connectivity index (χ0) is 16.9. The topological polar surface area (TPSA) is 3.24 Å². The first-order valence-electron chi connectivity index (χ1n) is 9.90. The molecular weight excluding hydrogens is 338 g/mol. The van der Waals surface area contributed by atoms with Gasteiger partial charge in [0.15, 0.2) is 0 Å². The molecule has 1 saturated carbocycles. The van der Waals surface area contributed by atoms with Gasteiger partial charge in [-0.05, 0) is 54.2 Å². The second kappa shape index (κ2) is 9.39. The van der Waals surface area contributed by atoms with Crippen LogP contribution in [0.15, 0.2) is 66.7 Å². The summed E-state index contributed by atoms with van der Waals surface area (Å²) in [5.41, 5.74) is 4.49. The van der Waals surface area contributed by atoms with Crippen molar-refractivity contribution in [3.8, 4) is 0 Å². The second-order valence-corrected chi connectivity index (χ2v) is 7.75. The average Bonchev–Trinajstić information content (AvgIpc) is 2.70. The van der Waals surface area contributed by atoms with E-state index in [0.717, 1.165) is 18.4 Å². The van der Waals surface area contributed by atoms with Crippen molar-refractivity contribution in [3.05, 3.63) is 77.9 Å². The van der Waals surface area contributed by atoms with E-state index >= 15 is 0 Å². The molecule has 2 unspecified atom stereocenters. The summed E-state index contributed by atoms with van der Waals surface area (Å²) in [5, 5.41) is 0. The lowest BCUT2D eigenvalue weighted by Crippen LogP contribution is -2.34. The Morgan fingerprint density at radius 1 is 0.885 bits per heavy atom. The van der Waals surface area contributed by atoms with E-state index in [2.05, 4.69) is 71.6 Å². The quantitative estimate of drug-likeness (QED) is 0.624. The van der Waals surface area contributed by atoms with Crippen LogP contribution in [0, 0.1) is 5.92 Å². The molecule has 0 radical (unpaired) electrons. The van der Waals surface area contributed by atoms with E-state index < -0.39 is 0 Å². The summed E-state index contributed by atoms with van der Waals surface area (Å²) in [6, 6.07) is 22.0. The van der Waals surface area contributed by atoms with Crippen molar-refractivity contribution >= 4 is 18.0 Å². The van der Waals surface area contributed by atoms with Crippen molar-refractivity contribution in [1.82, 2.24) is 4.90 Å². The number of benzene rings is 2. The van der Waals surface area contributed by atoms with E-state index in [-0.39, 0.29) is 12.4 Å². The molecule has 0 amide bonds. The number of halogens is 1. The first kappa shape index (κ1) is 19.2. The van der Waals surface area contributed by atoms with Gasteiger partial charge in [0.25, 0.3) is 0 Å². The van der Waals surface area contributed by atoms with Gasteiger partial charge < -0.3 is 0 Å². The van der Waals surface area contributed by atoms with Crippen LogP contribution in [-0.4, -0.2) is 24.5 Å². The molecule has 2 aromatic carbocycles. The molecule has 0 aromatic heterocycles. The highest BCUT2D eigenvalue weighted by molar-refractivity contribution is 5.85. The van der Waals surface area contributed by atoms with Crippen LogP contribution in [0.2, 0.25) is 0 Å². The Morgan fingerprint density at radius 3 is 2.31 bits per heavy atom. The first-order chi connectivity index (χ1) is 12.4. The Bertz CT molecular complexity index is 695. The van der Waals surface area contributed by atoms with Crippen LogP contribution < -0.4 is 0 Å². The predicted octanol–water partition coefficient (Wildman–Crippen LogP) is 6.17. The highest BCUT2D eigenvalue weighted by Crippen LogP contribution is 2.36. The smallest absolute Gasteiger partial charge is 0.0169 e. The Morgan fingerprint density at radius 2 is 1.62 bits per heavy atom. The summed E-state index contributed by atoms with van der Waals surface area (Å²) >= 11 is 0. The summed E-state index contributed by atoms with van der Waals surface area (Å²) in [5.74, 6) is 1.64. The fraction of sp³-hybridized carbons (Fsp3) is 0.417. The molecule has 1 heterocycles. The van der Waals surface area contributed by atoms with Crippen LogP contribution in [0.4, 0.5) is 0 Å². The van der Waals surface area contributed by atoms with E-state index in [1.54, 1.807) is 5.56 Å². The summed E-state index contributed by atoms with van der Waals surface area (Å²) < 4.78 is 0. The van der Waals surface area contributed by atoms with Gasteiger partial charge in [-0.15, -0.1) is 12.4 Å². The predicted molar refractivity (Wildman–Crippen MR) is 114 cm³/mol. The fourth-order valence-corrected chi connectivity index (χ4v) is 4.64. The number of rotatable bonds is 4. The van der Waals surface area contributed by atoms with Gasteiger partial charge in [0.2, 0.25) is 0 Å². The molecule has 1 fully saturated rings. The van der Waals surface area contributed by atoms with E-state index in [9.17, 15) is 0 Å². The van der Waals surface area contributed by atoms with Gasteiger partial charge in [0, 0.05) is 19.6 Å². The van der Waals surface area contributed by atoms with Gasteiger partial charge in [0.05, 0.1) is 0 Å². The lowest BCUT2D eigenvalue weighted by atomic mass is 9.77. The molecule has 0 N–H and O–H groups in total. The molecule has 2 aromatic rings. The highest BCUT2D eigenvalue weighted by atomic mass is 35.5. The van der Waals surface area contributed by atoms with Crippen molar-refractivity contribution < 1.29 is 0 Å². The minimum Gasteiger partial charge on any atom is -0.299 e. The Labute approximate surface area is 164 Å². The van der Waals surface area contributed by atoms with Crippen molar-refractivity contribution in [2.45, 2.75) is 38.0 Å². The molecule has 2 heteroatoms. The zero-order valence-corrected chi connectivity index (χ0v) is 16.3. The maximum Gasteiger partial charge on any atom is 0.0169 e. The van der Waals surface area contributed by atoms with Gasteiger partial charge in [-0.2, -0.15) is 0 Å². The van der Waals surface area contributed by atoms with Gasteiger partial charge in [0.1, 0.15) is 0 Å². The Balaban J connectivity index is 0.00000196. The van der Waals surface area contributed by atoms with Crippen LogP contribution in [-0.2, 0) is 0 Å². The summed E-state index contributed by atoms with van der Waals surface area (Å²) in [4.78, 5) is 2.67. The third-order valence-electron chi connectivity index (χ3n) is 6.01. The van der Waals surface area contributed by atoms with Crippen LogP contribution in [0.25, 0.3) is 5.57 Å². The molecular formula is C24H30ClN. The van der Waals surface area contributed by atoms with E-state index in [1.165, 1.54) is 56.3 Å². The molecule has 0 bridgehead atoms. The van der Waals surface area contributed by atoms with E-state index in [4.69, 9.17) is 0 Å².